The molecule has 0 bridgehead atoms. The van der Waals surface area contributed by atoms with E-state index in [1.54, 1.807) is 17.1 Å². The second-order valence-electron chi connectivity index (χ2n) is 6.87. The van der Waals surface area contributed by atoms with Gasteiger partial charge in [0, 0.05) is 18.0 Å². The highest BCUT2D eigenvalue weighted by Crippen LogP contribution is 2.33. The van der Waals surface area contributed by atoms with Gasteiger partial charge in [-0.3, -0.25) is 4.21 Å². The van der Waals surface area contributed by atoms with Gasteiger partial charge in [-0.2, -0.15) is 0 Å². The van der Waals surface area contributed by atoms with E-state index in [1.807, 2.05) is 0 Å². The summed E-state index contributed by atoms with van der Waals surface area (Å²) in [5, 5.41) is -0.165. The van der Waals surface area contributed by atoms with Gasteiger partial charge in [0.2, 0.25) is 0 Å². The average molecular weight is 383 g/mol. The molecule has 3 unspecified atom stereocenters. The normalized spacial score (nSPS) is 34.9. The van der Waals surface area contributed by atoms with E-state index in [-0.39, 0.29) is 35.5 Å². The third-order valence-electron chi connectivity index (χ3n) is 5.21. The number of hydrogen-bond acceptors (Lipinski definition) is 5. The molecule has 0 aromatic carbocycles. The number of ether oxygens (including phenoxy) is 3. The van der Waals surface area contributed by atoms with Crippen LogP contribution in [0.1, 0.15) is 19.3 Å². The lowest BCUT2D eigenvalue weighted by Gasteiger charge is -2.21. The zero-order valence-corrected chi connectivity index (χ0v) is 15.2. The maximum Gasteiger partial charge on any atom is 0.410 e. The lowest BCUT2D eigenvalue weighted by atomic mass is 10.0. The molecular weight excluding hydrogens is 361 g/mol. The zero-order chi connectivity index (χ0) is 18.1. The van der Waals surface area contributed by atoms with E-state index in [4.69, 9.17) is 14.2 Å². The Morgan fingerprint density at radius 2 is 2.15 bits per heavy atom. The van der Waals surface area contributed by atoms with Crippen molar-refractivity contribution < 1.29 is 27.6 Å². The van der Waals surface area contributed by atoms with Crippen LogP contribution in [0.25, 0.3) is 0 Å². The molecule has 1 aliphatic carbocycles. The first-order valence-electron chi connectivity index (χ1n) is 8.95. The van der Waals surface area contributed by atoms with Gasteiger partial charge in [0.1, 0.15) is 11.9 Å². The fraction of sp³-hybridized carbons (Fsp3) is 0.611. The molecule has 3 aliphatic heterocycles. The molecule has 0 N–H and O–H groups in total. The van der Waals surface area contributed by atoms with Gasteiger partial charge in [-0.15, -0.1) is 0 Å². The third-order valence-corrected chi connectivity index (χ3v) is 6.97. The average Bonchev–Trinajstić information content (AvgIpc) is 3.32. The van der Waals surface area contributed by atoms with Crippen LogP contribution in [0.4, 0.5) is 9.18 Å². The van der Waals surface area contributed by atoms with Crippen molar-refractivity contribution >= 4 is 16.9 Å². The number of halogens is 1. The first kappa shape index (κ1) is 17.9. The Bertz CT molecular complexity index is 691. The van der Waals surface area contributed by atoms with Crippen molar-refractivity contribution in [3.05, 3.63) is 35.0 Å². The number of allylic oxidation sites excluding steroid dienone is 5. The van der Waals surface area contributed by atoms with Crippen LogP contribution in [0, 0.1) is 5.92 Å². The van der Waals surface area contributed by atoms with Gasteiger partial charge >= 0.3 is 6.09 Å². The van der Waals surface area contributed by atoms with Crippen molar-refractivity contribution in [2.24, 2.45) is 5.92 Å². The predicted molar refractivity (Wildman–Crippen MR) is 93.2 cm³/mol. The van der Waals surface area contributed by atoms with Crippen LogP contribution in [-0.2, 0) is 25.0 Å². The van der Waals surface area contributed by atoms with E-state index in [2.05, 4.69) is 0 Å². The van der Waals surface area contributed by atoms with Crippen molar-refractivity contribution in [3.8, 4) is 0 Å². The molecule has 0 aromatic heterocycles. The Labute approximate surface area is 154 Å². The summed E-state index contributed by atoms with van der Waals surface area (Å²) in [5.41, 5.74) is 0. The van der Waals surface area contributed by atoms with Crippen LogP contribution in [0.5, 0.6) is 0 Å². The number of carbonyl (C=O) groups is 1. The van der Waals surface area contributed by atoms with Crippen molar-refractivity contribution in [1.82, 2.24) is 4.90 Å². The quantitative estimate of drug-likeness (QED) is 0.749. The van der Waals surface area contributed by atoms with Crippen LogP contribution < -0.4 is 0 Å². The number of carbonyl (C=O) groups excluding carboxylic acids is 1. The first-order chi connectivity index (χ1) is 12.6. The molecule has 0 spiro atoms. The first-order valence-corrected chi connectivity index (χ1v) is 10.2. The summed E-state index contributed by atoms with van der Waals surface area (Å²) in [6.45, 7) is 1.88. The number of amides is 1. The Balaban J connectivity index is 1.32. The van der Waals surface area contributed by atoms with Crippen LogP contribution in [-0.4, -0.2) is 59.1 Å². The molecule has 6 nitrogen and oxygen atoms in total. The fourth-order valence-electron chi connectivity index (χ4n) is 3.75. The van der Waals surface area contributed by atoms with Gasteiger partial charge < -0.3 is 19.1 Å². The van der Waals surface area contributed by atoms with E-state index in [1.165, 1.54) is 12.2 Å². The SMILES string of the molecule is O=C(O[C@H]1COC2OCCC21)N1CC[C@H](S(=O)C2=CCC=C(F)C=C2)C1. The van der Waals surface area contributed by atoms with E-state index in [9.17, 15) is 13.4 Å². The maximum absolute atomic E-state index is 13.3. The molecule has 5 atom stereocenters. The highest BCUT2D eigenvalue weighted by atomic mass is 32.2. The number of nitrogens with zero attached hydrogens (tertiary/aromatic N) is 1. The Morgan fingerprint density at radius 3 is 3.04 bits per heavy atom. The summed E-state index contributed by atoms with van der Waals surface area (Å²) < 4.78 is 42.6. The number of hydrogen-bond donors (Lipinski definition) is 0. The number of likely N-dealkylation sites (tertiary alicyclic amines) is 1. The van der Waals surface area contributed by atoms with Gasteiger partial charge in [-0.05, 0) is 37.5 Å². The molecule has 26 heavy (non-hydrogen) atoms. The lowest BCUT2D eigenvalue weighted by Crippen LogP contribution is -2.36. The number of fused-ring (bicyclic) bond motifs is 1. The van der Waals surface area contributed by atoms with Crippen molar-refractivity contribution in [2.75, 3.05) is 26.3 Å². The molecule has 142 valence electrons. The molecule has 1 amide bonds. The van der Waals surface area contributed by atoms with E-state index < -0.39 is 10.8 Å². The molecule has 8 heteroatoms. The molecule has 3 saturated heterocycles. The Hall–Kier alpha value is -1.51. The third kappa shape index (κ3) is 3.63. The largest absolute Gasteiger partial charge is 0.443 e. The standard InChI is InChI=1S/C18H22FNO5S/c19-12-2-1-3-13(5-4-12)26(22)14-6-8-20(10-14)18(21)25-16-11-24-17-15(16)7-9-23-17/h2-5,14-17H,1,6-11H2/t14-,15?,16-,17?,26?/m0/s1. The van der Waals surface area contributed by atoms with Crippen LogP contribution in [0.2, 0.25) is 0 Å². The molecule has 0 radical (unpaired) electrons. The van der Waals surface area contributed by atoms with E-state index >= 15 is 0 Å². The molecular formula is C18H22FNO5S. The lowest BCUT2D eigenvalue weighted by molar-refractivity contribution is -0.0907. The minimum absolute atomic E-state index is 0.107. The Kier molecular flexibility index (Phi) is 5.24. The summed E-state index contributed by atoms with van der Waals surface area (Å²) in [7, 11) is -1.27. The van der Waals surface area contributed by atoms with Crippen LogP contribution in [0.15, 0.2) is 35.0 Å². The highest BCUT2D eigenvalue weighted by Gasteiger charge is 2.44. The number of rotatable bonds is 3. The smallest absolute Gasteiger partial charge is 0.410 e. The van der Waals surface area contributed by atoms with E-state index in [0.717, 1.165) is 6.42 Å². The van der Waals surface area contributed by atoms with Crippen LogP contribution in [0.3, 0.4) is 0 Å². The van der Waals surface area contributed by atoms with Gasteiger partial charge in [-0.25, -0.2) is 9.18 Å². The van der Waals surface area contributed by atoms with Crippen molar-refractivity contribution in [1.29, 1.82) is 0 Å². The summed E-state index contributed by atoms with van der Waals surface area (Å²) >= 11 is 0. The van der Waals surface area contributed by atoms with Crippen LogP contribution >= 0.6 is 0 Å². The second-order valence-corrected chi connectivity index (χ2v) is 8.60. The summed E-state index contributed by atoms with van der Waals surface area (Å²) in [4.78, 5) is 14.7. The topological polar surface area (TPSA) is 65.1 Å². The predicted octanol–water partition coefficient (Wildman–Crippen LogP) is 2.40. The monoisotopic (exact) mass is 383 g/mol. The molecule has 4 aliphatic rings. The van der Waals surface area contributed by atoms with Gasteiger partial charge in [0.05, 0.1) is 35.2 Å². The minimum Gasteiger partial charge on any atom is -0.443 e. The zero-order valence-electron chi connectivity index (χ0n) is 14.3. The van der Waals surface area contributed by atoms with Gasteiger partial charge in [0.25, 0.3) is 0 Å². The molecule has 3 fully saturated rings. The Morgan fingerprint density at radius 1 is 1.27 bits per heavy atom. The molecule has 0 aromatic rings. The fourth-order valence-corrected chi connectivity index (χ4v) is 5.23. The summed E-state index contributed by atoms with van der Waals surface area (Å²) in [5.74, 6) is -0.215. The summed E-state index contributed by atoms with van der Waals surface area (Å²) in [6, 6.07) is 0. The second kappa shape index (κ2) is 7.62. The van der Waals surface area contributed by atoms with Crippen molar-refractivity contribution in [3.63, 3.8) is 0 Å². The molecule has 3 heterocycles. The highest BCUT2D eigenvalue weighted by molar-refractivity contribution is 7.89. The maximum atomic E-state index is 13.3. The van der Waals surface area contributed by atoms with Gasteiger partial charge in [0.15, 0.2) is 6.29 Å². The molecule has 4 rings (SSSR count). The van der Waals surface area contributed by atoms with E-state index in [0.29, 0.717) is 44.1 Å². The van der Waals surface area contributed by atoms with Crippen molar-refractivity contribution in [2.45, 2.75) is 36.9 Å². The van der Waals surface area contributed by atoms with Gasteiger partial charge in [-0.1, -0.05) is 6.08 Å². The summed E-state index contributed by atoms with van der Waals surface area (Å²) in [6.07, 6.45) is 7.09. The molecule has 0 saturated carbocycles. The minimum atomic E-state index is -1.27.